The molecule has 2 N–H and O–H groups in total. The molecule has 0 heterocycles. The predicted molar refractivity (Wildman–Crippen MR) is 66.9 cm³/mol. The highest BCUT2D eigenvalue weighted by Gasteiger charge is 2.02. The van der Waals surface area contributed by atoms with E-state index < -0.39 is 0 Å². The maximum absolute atomic E-state index is 9.51. The number of methoxy groups -OCH3 is 1. The molecule has 5 nitrogen and oxygen atoms in total. The van der Waals surface area contributed by atoms with E-state index >= 15 is 0 Å². The zero-order valence-corrected chi connectivity index (χ0v) is 9.74. The fourth-order valence-corrected chi connectivity index (χ4v) is 1.39. The average Bonchev–Trinajstić information content (AvgIpc) is 2.39. The van der Waals surface area contributed by atoms with Crippen LogP contribution < -0.4 is 4.74 Å². The van der Waals surface area contributed by atoms with E-state index in [0.29, 0.717) is 17.1 Å². The van der Waals surface area contributed by atoms with Crippen molar-refractivity contribution in [3.8, 4) is 17.2 Å². The van der Waals surface area contributed by atoms with E-state index in [1.807, 2.05) is 0 Å². The van der Waals surface area contributed by atoms with Crippen LogP contribution >= 0.6 is 0 Å². The van der Waals surface area contributed by atoms with Crippen LogP contribution in [0.2, 0.25) is 0 Å². The van der Waals surface area contributed by atoms with E-state index in [1.165, 1.54) is 19.2 Å². The van der Waals surface area contributed by atoms with Crippen LogP contribution in [-0.4, -0.2) is 17.3 Å². The number of nitrogens with zero attached hydrogens (tertiary/aromatic N) is 2. The molecule has 2 aromatic carbocycles. The Balaban J connectivity index is 2.27. The summed E-state index contributed by atoms with van der Waals surface area (Å²) < 4.78 is 4.96. The van der Waals surface area contributed by atoms with Crippen molar-refractivity contribution < 1.29 is 14.9 Å². The molecule has 0 unspecified atom stereocenters. The third-order valence-electron chi connectivity index (χ3n) is 2.32. The van der Waals surface area contributed by atoms with Gasteiger partial charge in [-0.15, -0.1) is 5.11 Å². The summed E-state index contributed by atoms with van der Waals surface area (Å²) >= 11 is 0. The van der Waals surface area contributed by atoms with Crippen molar-refractivity contribution in [2.24, 2.45) is 10.2 Å². The highest BCUT2D eigenvalue weighted by atomic mass is 16.5. The number of azo groups is 1. The molecule has 0 aliphatic carbocycles. The molecule has 2 aromatic rings. The second-order valence-corrected chi connectivity index (χ2v) is 3.54. The second kappa shape index (κ2) is 5.18. The van der Waals surface area contributed by atoms with Crippen LogP contribution in [0.4, 0.5) is 11.4 Å². The first kappa shape index (κ1) is 11.9. The van der Waals surface area contributed by atoms with E-state index in [1.54, 1.807) is 30.3 Å². The van der Waals surface area contributed by atoms with Crippen molar-refractivity contribution in [1.29, 1.82) is 0 Å². The first-order chi connectivity index (χ1) is 8.70. The Morgan fingerprint density at radius 2 is 1.72 bits per heavy atom. The van der Waals surface area contributed by atoms with Crippen LogP contribution in [0.15, 0.2) is 52.7 Å². The molecule has 18 heavy (non-hydrogen) atoms. The Morgan fingerprint density at radius 1 is 0.944 bits per heavy atom. The molecule has 0 aliphatic rings. The minimum atomic E-state index is 0.0407. The number of hydrogen-bond donors (Lipinski definition) is 2. The number of rotatable bonds is 3. The molecule has 0 atom stereocenters. The number of aromatic hydroxyl groups is 2. The quantitative estimate of drug-likeness (QED) is 0.811. The number of hydrogen-bond acceptors (Lipinski definition) is 5. The summed E-state index contributed by atoms with van der Waals surface area (Å²) in [5.74, 6) is 0.426. The topological polar surface area (TPSA) is 74.4 Å². The molecule has 0 saturated carbocycles. The van der Waals surface area contributed by atoms with Gasteiger partial charge < -0.3 is 14.9 Å². The number of ether oxygens (including phenoxy) is 1. The van der Waals surface area contributed by atoms with Gasteiger partial charge in [0.1, 0.15) is 11.4 Å². The number of benzene rings is 2. The Labute approximate surface area is 104 Å². The zero-order chi connectivity index (χ0) is 13.0. The van der Waals surface area contributed by atoms with E-state index in [9.17, 15) is 10.2 Å². The van der Waals surface area contributed by atoms with Crippen LogP contribution in [-0.2, 0) is 0 Å². The van der Waals surface area contributed by atoms with Gasteiger partial charge in [-0.1, -0.05) is 12.1 Å². The molecule has 92 valence electrons. The van der Waals surface area contributed by atoms with Crippen molar-refractivity contribution in [3.05, 3.63) is 42.5 Å². The summed E-state index contributed by atoms with van der Waals surface area (Å²) in [6.07, 6.45) is 0. The van der Waals surface area contributed by atoms with Crippen molar-refractivity contribution >= 4 is 11.4 Å². The van der Waals surface area contributed by atoms with Gasteiger partial charge in [0, 0.05) is 6.07 Å². The summed E-state index contributed by atoms with van der Waals surface area (Å²) in [6.45, 7) is 0. The van der Waals surface area contributed by atoms with Crippen molar-refractivity contribution in [2.75, 3.05) is 7.11 Å². The lowest BCUT2D eigenvalue weighted by atomic mass is 10.3. The lowest BCUT2D eigenvalue weighted by Gasteiger charge is -2.02. The summed E-state index contributed by atoms with van der Waals surface area (Å²) in [7, 11) is 1.46. The Morgan fingerprint density at radius 3 is 2.44 bits per heavy atom. The van der Waals surface area contributed by atoms with Gasteiger partial charge in [-0.25, -0.2) is 0 Å². The van der Waals surface area contributed by atoms with E-state index in [0.717, 1.165) is 0 Å². The van der Waals surface area contributed by atoms with Gasteiger partial charge in [0.15, 0.2) is 11.5 Å². The molecule has 2 rings (SSSR count). The monoisotopic (exact) mass is 244 g/mol. The predicted octanol–water partition coefficient (Wildman–Crippen LogP) is 3.52. The van der Waals surface area contributed by atoms with E-state index in [4.69, 9.17) is 4.74 Å². The molecular weight excluding hydrogens is 232 g/mol. The van der Waals surface area contributed by atoms with E-state index in [-0.39, 0.29) is 11.5 Å². The third-order valence-corrected chi connectivity index (χ3v) is 2.32. The molecule has 0 amide bonds. The van der Waals surface area contributed by atoms with Crippen LogP contribution in [0, 0.1) is 0 Å². The van der Waals surface area contributed by atoms with Gasteiger partial charge in [0.25, 0.3) is 0 Å². The Bertz CT molecular complexity index is 582. The molecular formula is C13H12N2O3. The Hall–Kier alpha value is -2.56. The summed E-state index contributed by atoms with van der Waals surface area (Å²) in [5, 5.41) is 26.8. The van der Waals surface area contributed by atoms with Gasteiger partial charge >= 0.3 is 0 Å². The summed E-state index contributed by atoms with van der Waals surface area (Å²) in [5.41, 5.74) is 0.900. The second-order valence-electron chi connectivity index (χ2n) is 3.54. The maximum atomic E-state index is 9.51. The zero-order valence-electron chi connectivity index (χ0n) is 9.74. The Kier molecular flexibility index (Phi) is 3.43. The van der Waals surface area contributed by atoms with E-state index in [2.05, 4.69) is 10.2 Å². The summed E-state index contributed by atoms with van der Waals surface area (Å²) in [4.78, 5) is 0. The number of phenols is 2. The van der Waals surface area contributed by atoms with Crippen LogP contribution in [0.1, 0.15) is 0 Å². The first-order valence-corrected chi connectivity index (χ1v) is 5.27. The van der Waals surface area contributed by atoms with Crippen LogP contribution in [0.3, 0.4) is 0 Å². The lowest BCUT2D eigenvalue weighted by Crippen LogP contribution is -1.82. The summed E-state index contributed by atoms with van der Waals surface area (Å²) in [6, 6.07) is 11.3. The highest BCUT2D eigenvalue weighted by molar-refractivity contribution is 5.53. The van der Waals surface area contributed by atoms with Gasteiger partial charge in [-0.05, 0) is 24.3 Å². The van der Waals surface area contributed by atoms with Crippen molar-refractivity contribution in [3.63, 3.8) is 0 Å². The van der Waals surface area contributed by atoms with Crippen molar-refractivity contribution in [2.45, 2.75) is 0 Å². The fraction of sp³-hybridized carbons (Fsp3) is 0.0769. The molecule has 0 fully saturated rings. The van der Waals surface area contributed by atoms with Gasteiger partial charge in [0.2, 0.25) is 0 Å². The molecule has 0 aromatic heterocycles. The molecule has 0 spiro atoms. The molecule has 0 saturated heterocycles. The molecule has 0 radical (unpaired) electrons. The molecule has 5 heteroatoms. The van der Waals surface area contributed by atoms with Crippen LogP contribution in [0.25, 0.3) is 0 Å². The first-order valence-electron chi connectivity index (χ1n) is 5.27. The average molecular weight is 244 g/mol. The van der Waals surface area contributed by atoms with Gasteiger partial charge in [0.05, 0.1) is 12.8 Å². The minimum Gasteiger partial charge on any atom is -0.506 e. The number of phenolic OH excluding ortho intramolecular Hbond substituents is 2. The standard InChI is InChI=1S/C13H12N2O3/c1-18-13-8-9(6-7-12(13)17)14-15-10-4-2-3-5-11(10)16/h2-8,16-17H,1H3. The van der Waals surface area contributed by atoms with Gasteiger partial charge in [-0.3, -0.25) is 0 Å². The normalized spacial score (nSPS) is 10.7. The minimum absolute atomic E-state index is 0.0407. The third kappa shape index (κ3) is 2.57. The smallest absolute Gasteiger partial charge is 0.162 e. The SMILES string of the molecule is COc1cc(N=Nc2ccccc2O)ccc1O. The fourth-order valence-electron chi connectivity index (χ4n) is 1.39. The van der Waals surface area contributed by atoms with Crippen molar-refractivity contribution in [1.82, 2.24) is 0 Å². The molecule has 0 bridgehead atoms. The van der Waals surface area contributed by atoms with Gasteiger partial charge in [-0.2, -0.15) is 5.11 Å². The molecule has 0 aliphatic heterocycles. The van der Waals surface area contributed by atoms with Crippen LogP contribution in [0.5, 0.6) is 17.2 Å². The lowest BCUT2D eigenvalue weighted by molar-refractivity contribution is 0.373. The maximum Gasteiger partial charge on any atom is 0.162 e. The largest absolute Gasteiger partial charge is 0.506 e. The number of para-hydroxylation sites is 1. The highest BCUT2D eigenvalue weighted by Crippen LogP contribution is 2.32.